The van der Waals surface area contributed by atoms with Gasteiger partial charge < -0.3 is 9.64 Å². The van der Waals surface area contributed by atoms with E-state index in [4.69, 9.17) is 4.74 Å². The van der Waals surface area contributed by atoms with Crippen LogP contribution in [0.1, 0.15) is 6.42 Å². The van der Waals surface area contributed by atoms with Gasteiger partial charge in [-0.3, -0.25) is 4.68 Å². The molecule has 4 nitrogen and oxygen atoms in total. The molecule has 2 rings (SSSR count). The van der Waals surface area contributed by atoms with Gasteiger partial charge in [0.15, 0.2) is 0 Å². The molecular weight excluding hydrogens is 238 g/mol. The van der Waals surface area contributed by atoms with Crippen LogP contribution in [0.4, 0.5) is 0 Å². The van der Waals surface area contributed by atoms with E-state index in [1.165, 1.54) is 0 Å². The van der Waals surface area contributed by atoms with Crippen molar-refractivity contribution >= 4 is 0 Å². The van der Waals surface area contributed by atoms with Gasteiger partial charge in [-0.2, -0.15) is 5.10 Å². The summed E-state index contributed by atoms with van der Waals surface area (Å²) in [5, 5.41) is 4.19. The maximum atomic E-state index is 5.83. The average molecular weight is 258 g/mol. The second kappa shape index (κ2) is 6.38. The van der Waals surface area contributed by atoms with Crippen LogP contribution in [0.2, 0.25) is 0 Å². The third-order valence-corrected chi connectivity index (χ3v) is 2.83. The van der Waals surface area contributed by atoms with Crippen LogP contribution < -0.4 is 4.74 Å². The zero-order valence-corrected chi connectivity index (χ0v) is 11.8. The lowest BCUT2D eigenvalue weighted by Gasteiger charge is -2.12. The summed E-state index contributed by atoms with van der Waals surface area (Å²) in [5.41, 5.74) is 2.10. The lowest BCUT2D eigenvalue weighted by atomic mass is 10.1. The van der Waals surface area contributed by atoms with Crippen LogP contribution in [0.25, 0.3) is 11.1 Å². The molecule has 19 heavy (non-hydrogen) atoms. The highest BCUT2D eigenvalue weighted by atomic mass is 16.5. The first-order chi connectivity index (χ1) is 9.16. The molecular formula is C15H20N3O. The first-order valence-electron chi connectivity index (χ1n) is 6.44. The van der Waals surface area contributed by atoms with E-state index < -0.39 is 0 Å². The van der Waals surface area contributed by atoms with Crippen molar-refractivity contribution in [2.75, 3.05) is 27.2 Å². The van der Waals surface area contributed by atoms with E-state index >= 15 is 0 Å². The number of hydrogen-bond acceptors (Lipinski definition) is 3. The number of ether oxygens (including phenoxy) is 1. The minimum atomic E-state index is 0.700. The van der Waals surface area contributed by atoms with Gasteiger partial charge in [0, 0.05) is 37.0 Å². The summed E-state index contributed by atoms with van der Waals surface area (Å²) in [7, 11) is 6.04. The van der Waals surface area contributed by atoms with E-state index in [0.29, 0.717) is 6.61 Å². The Morgan fingerprint density at radius 2 is 2.26 bits per heavy atom. The fourth-order valence-electron chi connectivity index (χ4n) is 1.88. The Balaban J connectivity index is 2.04. The van der Waals surface area contributed by atoms with Gasteiger partial charge in [-0.05, 0) is 20.5 Å². The van der Waals surface area contributed by atoms with E-state index in [1.54, 1.807) is 4.68 Å². The number of hydrogen-bond donors (Lipinski definition) is 0. The monoisotopic (exact) mass is 258 g/mol. The SMILES string of the molecule is CN(C)CCCOc1[c]cccc1-c1cnn(C)c1. The first kappa shape index (κ1) is 13.6. The van der Waals surface area contributed by atoms with E-state index in [1.807, 2.05) is 37.6 Å². The van der Waals surface area contributed by atoms with Crippen molar-refractivity contribution in [3.05, 3.63) is 36.7 Å². The Hall–Kier alpha value is -1.81. The first-order valence-corrected chi connectivity index (χ1v) is 6.44. The quantitative estimate of drug-likeness (QED) is 0.744. The van der Waals surface area contributed by atoms with Crippen LogP contribution in [-0.4, -0.2) is 41.9 Å². The molecule has 0 unspecified atom stereocenters. The molecule has 0 saturated heterocycles. The highest BCUT2D eigenvalue weighted by molar-refractivity contribution is 5.68. The molecule has 0 aliphatic carbocycles. The predicted molar refractivity (Wildman–Crippen MR) is 76.1 cm³/mol. The molecule has 0 spiro atoms. The third kappa shape index (κ3) is 3.83. The topological polar surface area (TPSA) is 30.3 Å². The minimum absolute atomic E-state index is 0.700. The van der Waals surface area contributed by atoms with Gasteiger partial charge >= 0.3 is 0 Å². The van der Waals surface area contributed by atoms with Crippen LogP contribution in [0, 0.1) is 6.07 Å². The fourth-order valence-corrected chi connectivity index (χ4v) is 1.88. The molecule has 4 heteroatoms. The predicted octanol–water partition coefficient (Wildman–Crippen LogP) is 2.22. The Morgan fingerprint density at radius 3 is 2.95 bits per heavy atom. The summed E-state index contributed by atoms with van der Waals surface area (Å²) in [5.74, 6) is 0.800. The molecule has 0 saturated carbocycles. The van der Waals surface area contributed by atoms with Crippen LogP contribution in [0.3, 0.4) is 0 Å². The van der Waals surface area contributed by atoms with E-state index in [9.17, 15) is 0 Å². The normalized spacial score (nSPS) is 10.9. The van der Waals surface area contributed by atoms with E-state index in [2.05, 4.69) is 30.2 Å². The van der Waals surface area contributed by atoms with Crippen molar-refractivity contribution in [3.63, 3.8) is 0 Å². The Labute approximate surface area is 114 Å². The number of rotatable bonds is 6. The second-order valence-electron chi connectivity index (χ2n) is 4.82. The Morgan fingerprint density at radius 1 is 1.42 bits per heavy atom. The number of aromatic nitrogens is 2. The molecule has 0 bridgehead atoms. The van der Waals surface area contributed by atoms with E-state index in [-0.39, 0.29) is 0 Å². The number of para-hydroxylation sites is 1. The molecule has 1 aromatic carbocycles. The molecule has 1 aromatic heterocycles. The summed E-state index contributed by atoms with van der Waals surface area (Å²) in [4.78, 5) is 2.15. The molecule has 0 atom stereocenters. The van der Waals surface area contributed by atoms with Gasteiger partial charge in [0.25, 0.3) is 0 Å². The zero-order chi connectivity index (χ0) is 13.7. The standard InChI is InChI=1S/C15H20N3O/c1-17(2)9-6-10-19-15-8-5-4-7-14(15)13-11-16-18(3)12-13/h4-5,7,11-12H,6,9-10H2,1-3H3. The molecule has 0 aliphatic heterocycles. The van der Waals surface area contributed by atoms with E-state index in [0.717, 1.165) is 29.8 Å². The van der Waals surface area contributed by atoms with Gasteiger partial charge in [-0.1, -0.05) is 18.2 Å². The van der Waals surface area contributed by atoms with Crippen LogP contribution in [-0.2, 0) is 7.05 Å². The van der Waals surface area contributed by atoms with Crippen LogP contribution in [0.15, 0.2) is 30.6 Å². The third-order valence-electron chi connectivity index (χ3n) is 2.83. The summed E-state index contributed by atoms with van der Waals surface area (Å²) < 4.78 is 7.62. The lowest BCUT2D eigenvalue weighted by molar-refractivity contribution is 0.282. The fraction of sp³-hybridized carbons (Fsp3) is 0.400. The van der Waals surface area contributed by atoms with Crippen molar-refractivity contribution in [1.82, 2.24) is 14.7 Å². The van der Waals surface area contributed by atoms with Crippen molar-refractivity contribution < 1.29 is 4.74 Å². The summed E-state index contributed by atoms with van der Waals surface area (Å²) in [6.45, 7) is 1.72. The molecule has 0 aliphatic rings. The highest BCUT2D eigenvalue weighted by Gasteiger charge is 2.07. The molecule has 101 valence electrons. The minimum Gasteiger partial charge on any atom is -0.492 e. The van der Waals surface area contributed by atoms with Gasteiger partial charge in [0.05, 0.1) is 12.8 Å². The van der Waals surface area contributed by atoms with Gasteiger partial charge in [0.2, 0.25) is 0 Å². The smallest absolute Gasteiger partial charge is 0.135 e. The van der Waals surface area contributed by atoms with Crippen molar-refractivity contribution in [3.8, 4) is 16.9 Å². The van der Waals surface area contributed by atoms with Gasteiger partial charge in [-0.15, -0.1) is 0 Å². The van der Waals surface area contributed by atoms with Crippen molar-refractivity contribution in [2.45, 2.75) is 6.42 Å². The summed E-state index contributed by atoms with van der Waals surface area (Å²) >= 11 is 0. The molecule has 0 fully saturated rings. The number of benzene rings is 1. The molecule has 0 N–H and O–H groups in total. The molecule has 1 radical (unpaired) electrons. The summed E-state index contributed by atoms with van der Waals surface area (Å²) in [6.07, 6.45) is 4.83. The highest BCUT2D eigenvalue weighted by Crippen LogP contribution is 2.28. The maximum Gasteiger partial charge on any atom is 0.135 e. The van der Waals surface area contributed by atoms with Gasteiger partial charge in [0.1, 0.15) is 5.75 Å². The Kier molecular flexibility index (Phi) is 4.58. The molecule has 1 heterocycles. The number of aryl methyl sites for hydroxylation is 1. The zero-order valence-electron chi connectivity index (χ0n) is 11.8. The average Bonchev–Trinajstić information content (AvgIpc) is 2.81. The second-order valence-corrected chi connectivity index (χ2v) is 4.82. The maximum absolute atomic E-state index is 5.83. The number of nitrogens with zero attached hydrogens (tertiary/aromatic N) is 3. The molecule has 2 aromatic rings. The van der Waals surface area contributed by atoms with Crippen molar-refractivity contribution in [2.24, 2.45) is 7.05 Å². The summed E-state index contributed by atoms with van der Waals surface area (Å²) in [6, 6.07) is 9.04. The van der Waals surface area contributed by atoms with Crippen LogP contribution in [0.5, 0.6) is 5.75 Å². The molecule has 0 amide bonds. The lowest BCUT2D eigenvalue weighted by Crippen LogP contribution is -2.15. The van der Waals surface area contributed by atoms with Crippen molar-refractivity contribution in [1.29, 1.82) is 0 Å². The van der Waals surface area contributed by atoms with Gasteiger partial charge in [-0.25, -0.2) is 0 Å². The largest absolute Gasteiger partial charge is 0.492 e. The van der Waals surface area contributed by atoms with Crippen LogP contribution >= 0.6 is 0 Å². The Bertz CT molecular complexity index is 520.